The summed E-state index contributed by atoms with van der Waals surface area (Å²) in [5.41, 5.74) is -0.615. The van der Waals surface area contributed by atoms with Crippen LogP contribution in [0.5, 0.6) is 0 Å². The summed E-state index contributed by atoms with van der Waals surface area (Å²) >= 11 is 0. The highest BCUT2D eigenvalue weighted by Gasteiger charge is 2.39. The molecule has 0 aromatic heterocycles. The Morgan fingerprint density at radius 3 is 2.14 bits per heavy atom. The van der Waals surface area contributed by atoms with Crippen molar-refractivity contribution in [1.82, 2.24) is 0 Å². The Bertz CT molecular complexity index is 188. The maximum atomic E-state index is 12.1. The Morgan fingerprint density at radius 1 is 1.29 bits per heavy atom. The standard InChI is InChI=1S/C11H23NO2/c1-8(2)14-11(4,5)12(13)9(3)10-6-7-10/h8-10,12H,6-7H2,1-5H3. The first-order chi connectivity index (χ1) is 6.34. The lowest BCUT2D eigenvalue weighted by molar-refractivity contribution is -0.954. The van der Waals surface area contributed by atoms with Crippen LogP contribution < -0.4 is 5.06 Å². The topological polar surface area (TPSA) is 36.7 Å². The van der Waals surface area contributed by atoms with Gasteiger partial charge in [-0.2, -0.15) is 0 Å². The Hall–Kier alpha value is -0.120. The van der Waals surface area contributed by atoms with Crippen LogP contribution >= 0.6 is 0 Å². The molecule has 84 valence electrons. The number of nitrogens with one attached hydrogen (secondary N) is 1. The molecule has 1 rings (SSSR count). The summed E-state index contributed by atoms with van der Waals surface area (Å²) in [6, 6.07) is 0.170. The molecule has 0 radical (unpaired) electrons. The maximum absolute atomic E-state index is 12.1. The summed E-state index contributed by atoms with van der Waals surface area (Å²) in [6.45, 7) is 9.74. The van der Waals surface area contributed by atoms with Crippen molar-refractivity contribution >= 4 is 0 Å². The fraction of sp³-hybridized carbons (Fsp3) is 1.00. The van der Waals surface area contributed by atoms with E-state index in [9.17, 15) is 5.21 Å². The van der Waals surface area contributed by atoms with Crippen molar-refractivity contribution in [3.05, 3.63) is 5.21 Å². The second-order valence-corrected chi connectivity index (χ2v) is 5.17. The largest absolute Gasteiger partial charge is 0.632 e. The van der Waals surface area contributed by atoms with E-state index in [-0.39, 0.29) is 17.2 Å². The van der Waals surface area contributed by atoms with E-state index < -0.39 is 5.72 Å². The van der Waals surface area contributed by atoms with Crippen LogP contribution in [0, 0.1) is 11.1 Å². The lowest BCUT2D eigenvalue weighted by atomic mass is 10.1. The van der Waals surface area contributed by atoms with Crippen LogP contribution in [0.2, 0.25) is 0 Å². The highest BCUT2D eigenvalue weighted by atomic mass is 16.6. The third kappa shape index (κ3) is 2.94. The lowest BCUT2D eigenvalue weighted by Crippen LogP contribution is -3.19. The molecule has 0 spiro atoms. The zero-order valence-electron chi connectivity index (χ0n) is 9.96. The van der Waals surface area contributed by atoms with E-state index in [1.54, 1.807) is 0 Å². The highest BCUT2D eigenvalue weighted by molar-refractivity contribution is 4.79. The molecule has 0 aromatic rings. The normalized spacial score (nSPS) is 22.5. The van der Waals surface area contributed by atoms with Crippen LogP contribution in [-0.2, 0) is 4.74 Å². The van der Waals surface area contributed by atoms with Crippen LogP contribution in [0.3, 0.4) is 0 Å². The smallest absolute Gasteiger partial charge is 0.196 e. The molecule has 0 bridgehead atoms. The minimum Gasteiger partial charge on any atom is -0.632 e. The van der Waals surface area contributed by atoms with Crippen LogP contribution in [0.15, 0.2) is 0 Å². The third-order valence-corrected chi connectivity index (χ3v) is 2.87. The van der Waals surface area contributed by atoms with Crippen molar-refractivity contribution < 1.29 is 9.80 Å². The number of hydroxylamine groups is 2. The first-order valence-electron chi connectivity index (χ1n) is 5.56. The lowest BCUT2D eigenvalue weighted by Gasteiger charge is -2.42. The van der Waals surface area contributed by atoms with Crippen molar-refractivity contribution in [2.45, 2.75) is 65.3 Å². The molecule has 0 saturated heterocycles. The van der Waals surface area contributed by atoms with E-state index in [1.807, 2.05) is 34.6 Å². The SMILES string of the molecule is CC(C)OC(C)(C)[NH+]([O-])C(C)C1CC1. The molecule has 1 N–H and O–H groups in total. The Morgan fingerprint density at radius 2 is 1.79 bits per heavy atom. The van der Waals surface area contributed by atoms with E-state index in [0.29, 0.717) is 5.92 Å². The van der Waals surface area contributed by atoms with Gasteiger partial charge in [-0.25, -0.2) is 0 Å². The van der Waals surface area contributed by atoms with Crippen LogP contribution in [-0.4, -0.2) is 17.9 Å². The number of rotatable bonds is 5. The summed E-state index contributed by atoms with van der Waals surface area (Å²) in [5, 5.41) is 12.3. The zero-order valence-corrected chi connectivity index (χ0v) is 9.96. The molecule has 3 heteroatoms. The van der Waals surface area contributed by atoms with E-state index in [4.69, 9.17) is 4.74 Å². The van der Waals surface area contributed by atoms with Gasteiger partial charge in [0.05, 0.1) is 12.1 Å². The van der Waals surface area contributed by atoms with Crippen LogP contribution in [0.25, 0.3) is 0 Å². The van der Waals surface area contributed by atoms with Crippen molar-refractivity contribution in [3.63, 3.8) is 0 Å². The predicted molar refractivity (Wildman–Crippen MR) is 56.8 cm³/mol. The fourth-order valence-electron chi connectivity index (χ4n) is 2.01. The van der Waals surface area contributed by atoms with E-state index in [2.05, 4.69) is 0 Å². The third-order valence-electron chi connectivity index (χ3n) is 2.87. The monoisotopic (exact) mass is 201 g/mol. The predicted octanol–water partition coefficient (Wildman–Crippen LogP) is 1.33. The van der Waals surface area contributed by atoms with Gasteiger partial charge in [0.1, 0.15) is 0 Å². The molecule has 2 atom stereocenters. The number of quaternary nitrogens is 1. The average Bonchev–Trinajstić information content (AvgIpc) is 2.81. The van der Waals surface area contributed by atoms with Gasteiger partial charge in [-0.3, -0.25) is 0 Å². The maximum Gasteiger partial charge on any atom is 0.196 e. The molecule has 3 nitrogen and oxygen atoms in total. The van der Waals surface area contributed by atoms with E-state index >= 15 is 0 Å². The molecule has 0 aliphatic heterocycles. The summed E-state index contributed by atoms with van der Waals surface area (Å²) in [5.74, 6) is 0.623. The molecule has 14 heavy (non-hydrogen) atoms. The molecule has 1 fully saturated rings. The molecule has 0 heterocycles. The van der Waals surface area contributed by atoms with Gasteiger partial charge in [-0.1, -0.05) is 0 Å². The van der Waals surface area contributed by atoms with Gasteiger partial charge in [-0.15, -0.1) is 0 Å². The van der Waals surface area contributed by atoms with Gasteiger partial charge in [-0.05, 0) is 33.6 Å². The average molecular weight is 201 g/mol. The molecule has 0 amide bonds. The van der Waals surface area contributed by atoms with Gasteiger partial charge in [0, 0.05) is 19.8 Å². The second-order valence-electron chi connectivity index (χ2n) is 5.17. The van der Waals surface area contributed by atoms with Crippen LogP contribution in [0.1, 0.15) is 47.5 Å². The first kappa shape index (κ1) is 12.0. The van der Waals surface area contributed by atoms with E-state index in [0.717, 1.165) is 0 Å². The summed E-state index contributed by atoms with van der Waals surface area (Å²) in [4.78, 5) is 0. The Labute approximate surface area is 87.0 Å². The molecular weight excluding hydrogens is 178 g/mol. The van der Waals surface area contributed by atoms with Crippen molar-refractivity contribution in [1.29, 1.82) is 0 Å². The van der Waals surface area contributed by atoms with Gasteiger partial charge in [0.2, 0.25) is 0 Å². The summed E-state index contributed by atoms with van der Waals surface area (Å²) in [7, 11) is 0. The minimum atomic E-state index is -0.615. The molecule has 1 aliphatic rings. The van der Waals surface area contributed by atoms with Gasteiger partial charge in [0.25, 0.3) is 0 Å². The van der Waals surface area contributed by atoms with Crippen LogP contribution in [0.4, 0.5) is 0 Å². The zero-order chi connectivity index (χ0) is 10.9. The number of ether oxygens (including phenoxy) is 1. The quantitative estimate of drug-likeness (QED) is 0.538. The minimum absolute atomic E-state index is 0.111. The van der Waals surface area contributed by atoms with Gasteiger partial charge in [0.15, 0.2) is 5.72 Å². The fourth-order valence-corrected chi connectivity index (χ4v) is 2.01. The second kappa shape index (κ2) is 4.17. The molecule has 0 aromatic carbocycles. The van der Waals surface area contributed by atoms with Crippen molar-refractivity contribution in [2.75, 3.05) is 0 Å². The Kier molecular flexibility index (Phi) is 3.56. The van der Waals surface area contributed by atoms with E-state index in [1.165, 1.54) is 12.8 Å². The van der Waals surface area contributed by atoms with Crippen molar-refractivity contribution in [3.8, 4) is 0 Å². The molecule has 2 unspecified atom stereocenters. The molecule has 1 aliphatic carbocycles. The highest BCUT2D eigenvalue weighted by Crippen LogP contribution is 2.31. The first-order valence-corrected chi connectivity index (χ1v) is 5.56. The number of hydrogen-bond donors (Lipinski definition) is 1. The van der Waals surface area contributed by atoms with Crippen molar-refractivity contribution in [2.24, 2.45) is 5.92 Å². The number of hydrogen-bond acceptors (Lipinski definition) is 2. The molecular formula is C11H23NO2. The molecule has 1 saturated carbocycles. The van der Waals surface area contributed by atoms with Gasteiger partial charge >= 0.3 is 0 Å². The summed E-state index contributed by atoms with van der Waals surface area (Å²) in [6.07, 6.45) is 2.54. The Balaban J connectivity index is 2.51. The van der Waals surface area contributed by atoms with Gasteiger partial charge < -0.3 is 15.0 Å². The summed E-state index contributed by atoms with van der Waals surface area (Å²) < 4.78 is 5.65.